The van der Waals surface area contributed by atoms with E-state index in [1.807, 2.05) is 6.08 Å². The maximum absolute atomic E-state index is 3.77. The molecular weight excluding hydrogens is 196 g/mol. The Hall–Kier alpha value is -0.340. The predicted octanol–water partition coefficient (Wildman–Crippen LogP) is 2.81. The molecule has 2 heteroatoms. The number of hydrogen-bond donors (Lipinski definition) is 1. The number of nitrogens with one attached hydrogen (secondary N) is 1. The van der Waals surface area contributed by atoms with Crippen molar-refractivity contribution in [1.82, 2.24) is 10.2 Å². The second kappa shape index (κ2) is 7.86. The fourth-order valence-electron chi connectivity index (χ4n) is 2.52. The van der Waals surface area contributed by atoms with Gasteiger partial charge in [-0.1, -0.05) is 12.5 Å². The van der Waals surface area contributed by atoms with Crippen LogP contribution in [0.1, 0.15) is 46.0 Å². The van der Waals surface area contributed by atoms with E-state index in [0.29, 0.717) is 12.1 Å². The molecule has 2 unspecified atom stereocenters. The summed E-state index contributed by atoms with van der Waals surface area (Å²) in [5.74, 6) is 0. The largest absolute Gasteiger partial charge is 0.310 e. The molecular formula is C14H28N2. The van der Waals surface area contributed by atoms with E-state index in [1.165, 1.54) is 45.3 Å². The quantitative estimate of drug-likeness (QED) is 0.669. The fourth-order valence-corrected chi connectivity index (χ4v) is 2.52. The van der Waals surface area contributed by atoms with E-state index in [1.54, 1.807) is 0 Å². The van der Waals surface area contributed by atoms with Gasteiger partial charge in [-0.3, -0.25) is 0 Å². The predicted molar refractivity (Wildman–Crippen MR) is 71.8 cm³/mol. The Morgan fingerprint density at radius 3 is 2.50 bits per heavy atom. The van der Waals surface area contributed by atoms with Gasteiger partial charge in [-0.25, -0.2) is 0 Å². The zero-order valence-corrected chi connectivity index (χ0v) is 11.0. The molecule has 94 valence electrons. The van der Waals surface area contributed by atoms with Gasteiger partial charge in [0.1, 0.15) is 0 Å². The Labute approximate surface area is 101 Å². The first-order chi connectivity index (χ1) is 7.72. The summed E-state index contributed by atoms with van der Waals surface area (Å²) in [6, 6.07) is 1.22. The third-order valence-corrected chi connectivity index (χ3v) is 3.35. The molecule has 0 aromatic rings. The highest BCUT2D eigenvalue weighted by atomic mass is 15.2. The summed E-state index contributed by atoms with van der Waals surface area (Å²) in [7, 11) is 0. The number of hydrogen-bond acceptors (Lipinski definition) is 2. The molecule has 0 saturated carbocycles. The third kappa shape index (κ3) is 5.66. The van der Waals surface area contributed by atoms with E-state index in [2.05, 4.69) is 30.6 Å². The van der Waals surface area contributed by atoms with Crippen LogP contribution in [0.15, 0.2) is 12.7 Å². The minimum Gasteiger partial charge on any atom is -0.310 e. The topological polar surface area (TPSA) is 15.3 Å². The molecule has 2 nitrogen and oxygen atoms in total. The van der Waals surface area contributed by atoms with Crippen LogP contribution in [0.2, 0.25) is 0 Å². The van der Waals surface area contributed by atoms with E-state index in [4.69, 9.17) is 0 Å². The first kappa shape index (κ1) is 13.7. The molecule has 1 heterocycles. The van der Waals surface area contributed by atoms with Crippen LogP contribution in [0.3, 0.4) is 0 Å². The number of nitrogens with zero attached hydrogens (tertiary/aromatic N) is 1. The number of allylic oxidation sites excluding steroid dienone is 1. The summed E-state index contributed by atoms with van der Waals surface area (Å²) in [5.41, 5.74) is 0. The molecule has 1 rings (SSSR count). The van der Waals surface area contributed by atoms with E-state index in [0.717, 1.165) is 6.42 Å². The van der Waals surface area contributed by atoms with E-state index >= 15 is 0 Å². The van der Waals surface area contributed by atoms with Gasteiger partial charge >= 0.3 is 0 Å². The van der Waals surface area contributed by atoms with E-state index in [-0.39, 0.29) is 0 Å². The van der Waals surface area contributed by atoms with Gasteiger partial charge in [0.15, 0.2) is 0 Å². The van der Waals surface area contributed by atoms with Crippen molar-refractivity contribution in [2.75, 3.05) is 19.6 Å². The maximum Gasteiger partial charge on any atom is 0.0169 e. The second-order valence-electron chi connectivity index (χ2n) is 5.20. The van der Waals surface area contributed by atoms with Crippen LogP contribution in [-0.4, -0.2) is 36.6 Å². The van der Waals surface area contributed by atoms with Gasteiger partial charge in [-0.15, -0.1) is 6.58 Å². The molecule has 16 heavy (non-hydrogen) atoms. The van der Waals surface area contributed by atoms with Crippen molar-refractivity contribution < 1.29 is 0 Å². The van der Waals surface area contributed by atoms with Crippen LogP contribution in [0.25, 0.3) is 0 Å². The molecule has 1 N–H and O–H groups in total. The lowest BCUT2D eigenvalue weighted by Crippen LogP contribution is -2.44. The molecule has 0 aromatic carbocycles. The Bertz CT molecular complexity index is 185. The monoisotopic (exact) mass is 224 g/mol. The second-order valence-corrected chi connectivity index (χ2v) is 5.20. The smallest absolute Gasteiger partial charge is 0.0169 e. The van der Waals surface area contributed by atoms with Crippen molar-refractivity contribution >= 4 is 0 Å². The Kier molecular flexibility index (Phi) is 6.74. The van der Waals surface area contributed by atoms with Crippen LogP contribution in [0.4, 0.5) is 0 Å². The normalized spacial score (nSPS) is 21.6. The lowest BCUT2D eigenvalue weighted by atomic mass is 10.1. The van der Waals surface area contributed by atoms with Gasteiger partial charge in [-0.2, -0.15) is 0 Å². The van der Waals surface area contributed by atoms with Gasteiger partial charge < -0.3 is 10.2 Å². The van der Waals surface area contributed by atoms with Crippen molar-refractivity contribution in [2.45, 2.75) is 58.0 Å². The highest BCUT2D eigenvalue weighted by Crippen LogP contribution is 2.09. The Balaban J connectivity index is 2.13. The number of likely N-dealkylation sites (tertiary alicyclic amines) is 1. The molecule has 1 aliphatic heterocycles. The molecule has 0 amide bonds. The minimum absolute atomic E-state index is 0.609. The molecule has 0 aliphatic carbocycles. The zero-order chi connectivity index (χ0) is 11.8. The molecule has 0 bridgehead atoms. The van der Waals surface area contributed by atoms with Crippen LogP contribution < -0.4 is 5.32 Å². The molecule has 1 aliphatic rings. The average Bonchev–Trinajstić information content (AvgIpc) is 2.27. The highest BCUT2D eigenvalue weighted by molar-refractivity contribution is 4.76. The van der Waals surface area contributed by atoms with Gasteiger partial charge in [0.05, 0.1) is 0 Å². The summed E-state index contributed by atoms with van der Waals surface area (Å²) < 4.78 is 0. The Morgan fingerprint density at radius 2 is 1.88 bits per heavy atom. The molecule has 0 spiro atoms. The van der Waals surface area contributed by atoms with Crippen LogP contribution >= 0.6 is 0 Å². The third-order valence-electron chi connectivity index (χ3n) is 3.35. The lowest BCUT2D eigenvalue weighted by molar-refractivity contribution is 0.204. The molecule has 2 atom stereocenters. The van der Waals surface area contributed by atoms with Crippen molar-refractivity contribution in [2.24, 2.45) is 0 Å². The summed E-state index contributed by atoms with van der Waals surface area (Å²) in [6.45, 7) is 12.2. The summed E-state index contributed by atoms with van der Waals surface area (Å²) in [5, 5.41) is 3.67. The highest BCUT2D eigenvalue weighted by Gasteiger charge is 2.14. The van der Waals surface area contributed by atoms with Gasteiger partial charge in [0.25, 0.3) is 0 Å². The van der Waals surface area contributed by atoms with Crippen molar-refractivity contribution in [3.63, 3.8) is 0 Å². The number of rotatable bonds is 7. The van der Waals surface area contributed by atoms with Crippen LogP contribution in [0.5, 0.6) is 0 Å². The first-order valence-corrected chi connectivity index (χ1v) is 6.81. The van der Waals surface area contributed by atoms with E-state index in [9.17, 15) is 0 Å². The molecule has 1 fully saturated rings. The Morgan fingerprint density at radius 1 is 1.19 bits per heavy atom. The van der Waals surface area contributed by atoms with Gasteiger partial charge in [-0.05, 0) is 52.6 Å². The van der Waals surface area contributed by atoms with Crippen LogP contribution in [0, 0.1) is 0 Å². The van der Waals surface area contributed by atoms with Crippen molar-refractivity contribution in [3.05, 3.63) is 12.7 Å². The summed E-state index contributed by atoms with van der Waals surface area (Å²) in [4.78, 5) is 2.60. The number of piperidine rings is 1. The van der Waals surface area contributed by atoms with Crippen molar-refractivity contribution in [3.8, 4) is 0 Å². The van der Waals surface area contributed by atoms with Crippen LogP contribution in [-0.2, 0) is 0 Å². The minimum atomic E-state index is 0.609. The first-order valence-electron chi connectivity index (χ1n) is 6.81. The van der Waals surface area contributed by atoms with Gasteiger partial charge in [0, 0.05) is 18.6 Å². The maximum atomic E-state index is 3.77. The fraction of sp³-hybridized carbons (Fsp3) is 0.857. The SMILES string of the molecule is C=CCCC(C)NC(C)CN1CCCCC1. The van der Waals surface area contributed by atoms with Gasteiger partial charge in [0.2, 0.25) is 0 Å². The van der Waals surface area contributed by atoms with E-state index < -0.39 is 0 Å². The lowest BCUT2D eigenvalue weighted by Gasteiger charge is -2.30. The molecule has 0 radical (unpaired) electrons. The average molecular weight is 224 g/mol. The summed E-state index contributed by atoms with van der Waals surface area (Å²) >= 11 is 0. The standard InChI is InChI=1S/C14H28N2/c1-4-5-9-13(2)15-14(3)12-16-10-7-6-8-11-16/h4,13-15H,1,5-12H2,2-3H3. The zero-order valence-electron chi connectivity index (χ0n) is 11.0. The summed E-state index contributed by atoms with van der Waals surface area (Å²) in [6.07, 6.45) is 8.53. The molecule has 1 saturated heterocycles. The molecule has 0 aromatic heterocycles. The van der Waals surface area contributed by atoms with Crippen molar-refractivity contribution in [1.29, 1.82) is 0 Å².